The third-order valence-electron chi connectivity index (χ3n) is 4.66. The zero-order chi connectivity index (χ0) is 20.1. The summed E-state index contributed by atoms with van der Waals surface area (Å²) in [6, 6.07) is 7.22. The number of hydrogen-bond donors (Lipinski definition) is 2. The van der Waals surface area contributed by atoms with Gasteiger partial charge in [0.05, 0.1) is 6.20 Å². The van der Waals surface area contributed by atoms with Crippen LogP contribution in [-0.2, 0) is 11.2 Å². The smallest absolute Gasteiger partial charge is 0.248 e. The van der Waals surface area contributed by atoms with Crippen LogP contribution in [0.25, 0.3) is 0 Å². The number of carbonyl (C=O) groups excluding carboxylic acids is 1. The lowest BCUT2D eigenvalue weighted by Gasteiger charge is -2.28. The molecule has 5 nitrogen and oxygen atoms in total. The Kier molecular flexibility index (Phi) is 6.24. The molecule has 3 rings (SSSR count). The normalized spacial score (nSPS) is 16.4. The van der Waals surface area contributed by atoms with Crippen LogP contribution >= 0.6 is 11.6 Å². The van der Waals surface area contributed by atoms with Gasteiger partial charge in [0.15, 0.2) is 11.6 Å². The van der Waals surface area contributed by atoms with Gasteiger partial charge < -0.3 is 10.6 Å². The summed E-state index contributed by atoms with van der Waals surface area (Å²) < 4.78 is 26.6. The van der Waals surface area contributed by atoms with E-state index in [-0.39, 0.29) is 31.1 Å². The first-order valence-electron chi connectivity index (χ1n) is 9.03. The average Bonchev–Trinajstić information content (AvgIpc) is 2.67. The summed E-state index contributed by atoms with van der Waals surface area (Å²) in [6.45, 7) is 3.49. The lowest BCUT2D eigenvalue weighted by Crippen LogP contribution is -2.32. The van der Waals surface area contributed by atoms with Gasteiger partial charge in [-0.25, -0.2) is 13.8 Å². The fourth-order valence-electron chi connectivity index (χ4n) is 3.08. The molecule has 0 saturated heterocycles. The van der Waals surface area contributed by atoms with Gasteiger partial charge in [0.2, 0.25) is 11.9 Å². The molecule has 0 bridgehead atoms. The number of halogens is 3. The molecule has 0 spiro atoms. The van der Waals surface area contributed by atoms with Crippen molar-refractivity contribution >= 4 is 34.8 Å². The van der Waals surface area contributed by atoms with E-state index in [0.717, 1.165) is 5.56 Å². The summed E-state index contributed by atoms with van der Waals surface area (Å²) in [4.78, 5) is 20.2. The van der Waals surface area contributed by atoms with E-state index < -0.39 is 5.92 Å². The lowest BCUT2D eigenvalue weighted by atomic mass is 9.92. The molecule has 1 aromatic carbocycles. The van der Waals surface area contributed by atoms with Gasteiger partial charge in [-0.1, -0.05) is 36.4 Å². The first-order valence-corrected chi connectivity index (χ1v) is 9.41. The first kappa shape index (κ1) is 20.2. The Bertz CT molecular complexity index is 865. The number of rotatable bonds is 7. The molecule has 0 atom stereocenters. The van der Waals surface area contributed by atoms with Crippen LogP contribution in [0, 0.1) is 0 Å². The quantitative estimate of drug-likeness (QED) is 0.621. The third kappa shape index (κ3) is 5.25. The van der Waals surface area contributed by atoms with Gasteiger partial charge in [0, 0.05) is 31.0 Å². The standard InChI is InChI=1S/C20H21ClF2N4O/c1-2-15(28)11-13-5-3-4-6-17(13)26-18-16(21)12-24-19(27-18)25-14-7-9-20(22,23)10-8-14/h2-6,12,14H,1,7-11H2,(H2,24,25,26,27). The summed E-state index contributed by atoms with van der Waals surface area (Å²) in [6.07, 6.45) is 3.36. The van der Waals surface area contributed by atoms with Crippen LogP contribution in [0.15, 0.2) is 43.1 Å². The Balaban J connectivity index is 1.74. The van der Waals surface area contributed by atoms with Crippen LogP contribution in [0.4, 0.5) is 26.2 Å². The van der Waals surface area contributed by atoms with Crippen LogP contribution in [0.5, 0.6) is 0 Å². The van der Waals surface area contributed by atoms with E-state index in [4.69, 9.17) is 11.6 Å². The van der Waals surface area contributed by atoms with Crippen LogP contribution in [0.1, 0.15) is 31.2 Å². The van der Waals surface area contributed by atoms with Gasteiger partial charge in [-0.3, -0.25) is 4.79 Å². The number of anilines is 3. The highest BCUT2D eigenvalue weighted by molar-refractivity contribution is 6.32. The number of para-hydroxylation sites is 1. The van der Waals surface area contributed by atoms with Crippen molar-refractivity contribution in [1.82, 2.24) is 9.97 Å². The monoisotopic (exact) mass is 406 g/mol. The van der Waals surface area contributed by atoms with Crippen LogP contribution in [0.2, 0.25) is 5.02 Å². The summed E-state index contributed by atoms with van der Waals surface area (Å²) >= 11 is 6.21. The molecule has 0 aliphatic heterocycles. The Morgan fingerprint density at radius 1 is 1.32 bits per heavy atom. The molecule has 2 N–H and O–H groups in total. The van der Waals surface area contributed by atoms with Crippen LogP contribution < -0.4 is 10.6 Å². The van der Waals surface area contributed by atoms with Crippen LogP contribution in [0.3, 0.4) is 0 Å². The van der Waals surface area contributed by atoms with E-state index in [1.165, 1.54) is 12.3 Å². The maximum absolute atomic E-state index is 13.3. The first-order chi connectivity index (χ1) is 13.4. The minimum Gasteiger partial charge on any atom is -0.351 e. The number of aromatic nitrogens is 2. The van der Waals surface area contributed by atoms with E-state index in [1.807, 2.05) is 24.3 Å². The second-order valence-electron chi connectivity index (χ2n) is 6.79. The largest absolute Gasteiger partial charge is 0.351 e. The zero-order valence-corrected chi connectivity index (χ0v) is 16.0. The van der Waals surface area contributed by atoms with E-state index in [2.05, 4.69) is 27.2 Å². The van der Waals surface area contributed by atoms with Gasteiger partial charge in [-0.15, -0.1) is 0 Å². The summed E-state index contributed by atoms with van der Waals surface area (Å²) in [5, 5.41) is 6.55. The Morgan fingerprint density at radius 2 is 2.04 bits per heavy atom. The zero-order valence-electron chi connectivity index (χ0n) is 15.2. The highest BCUT2D eigenvalue weighted by Gasteiger charge is 2.35. The number of carbonyl (C=O) groups is 1. The maximum Gasteiger partial charge on any atom is 0.248 e. The minimum atomic E-state index is -2.58. The number of ketones is 1. The van der Waals surface area contributed by atoms with Crippen molar-refractivity contribution in [3.05, 3.63) is 53.7 Å². The fourth-order valence-corrected chi connectivity index (χ4v) is 3.21. The molecule has 28 heavy (non-hydrogen) atoms. The van der Waals surface area contributed by atoms with Crippen molar-refractivity contribution in [1.29, 1.82) is 0 Å². The summed E-state index contributed by atoms with van der Waals surface area (Å²) in [7, 11) is 0. The number of allylic oxidation sites excluding steroid dienone is 1. The predicted molar refractivity (Wildman–Crippen MR) is 107 cm³/mol. The molecule has 1 aliphatic carbocycles. The maximum atomic E-state index is 13.3. The molecule has 0 unspecified atom stereocenters. The molecule has 1 fully saturated rings. The summed E-state index contributed by atoms with van der Waals surface area (Å²) in [5.41, 5.74) is 1.48. The molecule has 1 aromatic heterocycles. The fraction of sp³-hybridized carbons (Fsp3) is 0.350. The highest BCUT2D eigenvalue weighted by atomic mass is 35.5. The molecule has 148 valence electrons. The second-order valence-corrected chi connectivity index (χ2v) is 7.20. The predicted octanol–water partition coefficient (Wildman–Crippen LogP) is 5.16. The van der Waals surface area contributed by atoms with E-state index >= 15 is 0 Å². The molecular weight excluding hydrogens is 386 g/mol. The van der Waals surface area contributed by atoms with Crippen molar-refractivity contribution in [2.24, 2.45) is 0 Å². The number of alkyl halides is 2. The van der Waals surface area contributed by atoms with Crippen molar-refractivity contribution in [3.8, 4) is 0 Å². The molecule has 1 saturated carbocycles. The Hall–Kier alpha value is -2.54. The molecule has 8 heteroatoms. The Morgan fingerprint density at radius 3 is 2.75 bits per heavy atom. The van der Waals surface area contributed by atoms with Gasteiger partial charge in [-0.05, 0) is 30.5 Å². The van der Waals surface area contributed by atoms with Crippen molar-refractivity contribution in [2.45, 2.75) is 44.1 Å². The van der Waals surface area contributed by atoms with Gasteiger partial charge in [-0.2, -0.15) is 4.98 Å². The molecule has 1 aliphatic rings. The van der Waals surface area contributed by atoms with Crippen molar-refractivity contribution in [2.75, 3.05) is 10.6 Å². The van der Waals surface area contributed by atoms with Gasteiger partial charge in [0.25, 0.3) is 0 Å². The van der Waals surface area contributed by atoms with Gasteiger partial charge in [0.1, 0.15) is 5.02 Å². The van der Waals surface area contributed by atoms with E-state index in [9.17, 15) is 13.6 Å². The molecule has 2 aromatic rings. The summed E-state index contributed by atoms with van der Waals surface area (Å²) in [5.74, 6) is -1.99. The highest BCUT2D eigenvalue weighted by Crippen LogP contribution is 2.34. The van der Waals surface area contributed by atoms with Crippen molar-refractivity contribution < 1.29 is 13.6 Å². The Labute approximate surface area is 167 Å². The minimum absolute atomic E-state index is 0.0977. The molecule has 0 radical (unpaired) electrons. The van der Waals surface area contributed by atoms with Crippen LogP contribution in [-0.4, -0.2) is 27.7 Å². The average molecular weight is 407 g/mol. The van der Waals surface area contributed by atoms with E-state index in [1.54, 1.807) is 0 Å². The third-order valence-corrected chi connectivity index (χ3v) is 4.93. The second kappa shape index (κ2) is 8.65. The van der Waals surface area contributed by atoms with Gasteiger partial charge >= 0.3 is 0 Å². The van der Waals surface area contributed by atoms with E-state index in [0.29, 0.717) is 35.3 Å². The number of hydrogen-bond acceptors (Lipinski definition) is 5. The molecule has 0 amide bonds. The number of benzene rings is 1. The number of nitrogens with zero attached hydrogens (tertiary/aromatic N) is 2. The molecule has 1 heterocycles. The topological polar surface area (TPSA) is 66.9 Å². The number of nitrogens with one attached hydrogen (secondary N) is 2. The SMILES string of the molecule is C=CC(=O)Cc1ccccc1Nc1nc(NC2CCC(F)(F)CC2)ncc1Cl. The van der Waals surface area contributed by atoms with Crippen molar-refractivity contribution in [3.63, 3.8) is 0 Å². The lowest BCUT2D eigenvalue weighted by molar-refractivity contribution is -0.114. The molecular formula is C20H21ClF2N4O.